The van der Waals surface area contributed by atoms with Crippen LogP contribution in [0.3, 0.4) is 0 Å². The molecular formula is C17H16N2S. The summed E-state index contributed by atoms with van der Waals surface area (Å²) in [4.78, 5) is 2.28. The lowest BCUT2D eigenvalue weighted by molar-refractivity contribution is 0.658. The van der Waals surface area contributed by atoms with Gasteiger partial charge in [0.15, 0.2) is 0 Å². The van der Waals surface area contributed by atoms with E-state index in [-0.39, 0.29) is 6.04 Å². The maximum atomic E-state index is 8.38. The van der Waals surface area contributed by atoms with E-state index in [1.54, 1.807) is 11.8 Å². The van der Waals surface area contributed by atoms with Crippen molar-refractivity contribution >= 4 is 22.5 Å². The van der Waals surface area contributed by atoms with Gasteiger partial charge in [-0.25, -0.2) is 0 Å². The van der Waals surface area contributed by atoms with Gasteiger partial charge >= 0.3 is 0 Å². The van der Waals surface area contributed by atoms with Crippen LogP contribution in [0.15, 0.2) is 54.6 Å². The van der Waals surface area contributed by atoms with E-state index < -0.39 is 0 Å². The average molecular weight is 280 g/mol. The minimum absolute atomic E-state index is 0.211. The lowest BCUT2D eigenvalue weighted by Gasteiger charge is -2.21. The molecule has 1 saturated heterocycles. The third kappa shape index (κ3) is 1.56. The number of rotatable bonds is 1. The van der Waals surface area contributed by atoms with E-state index in [9.17, 15) is 0 Å². The van der Waals surface area contributed by atoms with E-state index >= 15 is 0 Å². The van der Waals surface area contributed by atoms with E-state index in [0.29, 0.717) is 11.2 Å². The lowest BCUT2D eigenvalue weighted by Crippen LogP contribution is -2.32. The van der Waals surface area contributed by atoms with Crippen molar-refractivity contribution in [1.29, 1.82) is 5.41 Å². The summed E-state index contributed by atoms with van der Waals surface area (Å²) in [7, 11) is 2.12. The van der Waals surface area contributed by atoms with Gasteiger partial charge in [0.25, 0.3) is 0 Å². The molecule has 0 saturated carbocycles. The first kappa shape index (κ1) is 12.0. The molecule has 20 heavy (non-hydrogen) atoms. The zero-order valence-electron chi connectivity index (χ0n) is 11.3. The Morgan fingerprint density at radius 2 is 1.70 bits per heavy atom. The fourth-order valence-corrected chi connectivity index (χ4v) is 4.97. The molecule has 3 heteroatoms. The van der Waals surface area contributed by atoms with Crippen LogP contribution in [0.1, 0.15) is 22.3 Å². The number of nitrogens with zero attached hydrogens (tertiary/aromatic N) is 1. The van der Waals surface area contributed by atoms with Gasteiger partial charge in [-0.2, -0.15) is 0 Å². The number of hydrogen-bond acceptors (Lipinski definition) is 3. The number of anilines is 1. The van der Waals surface area contributed by atoms with E-state index in [1.807, 2.05) is 0 Å². The molecule has 2 heterocycles. The summed E-state index contributed by atoms with van der Waals surface area (Å²) in [5, 5.41) is 9.54. The highest BCUT2D eigenvalue weighted by atomic mass is 32.2. The summed E-state index contributed by atoms with van der Waals surface area (Å²) in [6.07, 6.45) is 0. The van der Waals surface area contributed by atoms with Gasteiger partial charge in [-0.3, -0.25) is 5.41 Å². The van der Waals surface area contributed by atoms with Crippen molar-refractivity contribution < 1.29 is 0 Å². The number of thioether (sulfide) groups is 1. The summed E-state index contributed by atoms with van der Waals surface area (Å²) >= 11 is 1.72. The second-order valence-electron chi connectivity index (χ2n) is 5.45. The SMILES string of the molecule is CN1c2ccccc2C2C(c3ccccc3)SC(=N)C21. The molecule has 1 N–H and O–H groups in total. The van der Waals surface area contributed by atoms with Crippen LogP contribution in [0, 0.1) is 5.41 Å². The fourth-order valence-electron chi connectivity index (χ4n) is 3.52. The van der Waals surface area contributed by atoms with Crippen molar-refractivity contribution in [3.8, 4) is 0 Å². The zero-order valence-corrected chi connectivity index (χ0v) is 12.1. The number of likely N-dealkylation sites (N-methyl/N-ethyl adjacent to an activating group) is 1. The number of nitrogens with one attached hydrogen (secondary N) is 1. The normalized spacial score (nSPS) is 27.6. The van der Waals surface area contributed by atoms with Crippen LogP contribution < -0.4 is 4.90 Å². The van der Waals surface area contributed by atoms with E-state index in [0.717, 1.165) is 5.04 Å². The molecule has 3 unspecified atom stereocenters. The molecule has 2 aliphatic heterocycles. The van der Waals surface area contributed by atoms with E-state index in [1.165, 1.54) is 16.8 Å². The van der Waals surface area contributed by atoms with Crippen LogP contribution in [-0.2, 0) is 0 Å². The van der Waals surface area contributed by atoms with Gasteiger partial charge in [-0.1, -0.05) is 48.5 Å². The molecule has 1 fully saturated rings. The Morgan fingerprint density at radius 3 is 2.50 bits per heavy atom. The van der Waals surface area contributed by atoms with Crippen LogP contribution in [-0.4, -0.2) is 18.1 Å². The second kappa shape index (κ2) is 4.38. The van der Waals surface area contributed by atoms with Crippen LogP contribution in [0.5, 0.6) is 0 Å². The minimum Gasteiger partial charge on any atom is -0.365 e. The Balaban J connectivity index is 1.84. The van der Waals surface area contributed by atoms with Crippen molar-refractivity contribution in [2.45, 2.75) is 17.2 Å². The average Bonchev–Trinajstić information content (AvgIpc) is 2.98. The van der Waals surface area contributed by atoms with Gasteiger partial charge in [0, 0.05) is 23.9 Å². The molecule has 0 bridgehead atoms. The summed E-state index contributed by atoms with van der Waals surface area (Å²) < 4.78 is 0. The standard InChI is InChI=1S/C17H16N2S/c1-19-13-10-6-5-9-12(13)14-15(19)17(18)20-16(14)11-7-3-2-4-8-11/h2-10,14-16,18H,1H3. The number of fused-ring (bicyclic) bond motifs is 3. The van der Waals surface area contributed by atoms with Crippen molar-refractivity contribution in [1.82, 2.24) is 0 Å². The molecule has 2 aromatic carbocycles. The van der Waals surface area contributed by atoms with Gasteiger partial charge < -0.3 is 4.90 Å². The topological polar surface area (TPSA) is 27.1 Å². The van der Waals surface area contributed by atoms with Crippen LogP contribution in [0.25, 0.3) is 0 Å². The number of hydrogen-bond donors (Lipinski definition) is 1. The molecule has 0 radical (unpaired) electrons. The van der Waals surface area contributed by atoms with Crippen LogP contribution in [0.2, 0.25) is 0 Å². The first-order valence-electron chi connectivity index (χ1n) is 6.89. The highest BCUT2D eigenvalue weighted by molar-refractivity contribution is 8.14. The van der Waals surface area contributed by atoms with Gasteiger partial charge in [0.2, 0.25) is 0 Å². The number of benzene rings is 2. The van der Waals surface area contributed by atoms with Gasteiger partial charge in [0.05, 0.1) is 11.1 Å². The molecule has 0 aromatic heterocycles. The van der Waals surface area contributed by atoms with Crippen molar-refractivity contribution in [3.63, 3.8) is 0 Å². The van der Waals surface area contributed by atoms with Gasteiger partial charge in [-0.05, 0) is 17.2 Å². The van der Waals surface area contributed by atoms with Gasteiger partial charge in [0.1, 0.15) is 0 Å². The quantitative estimate of drug-likeness (QED) is 0.853. The summed E-state index contributed by atoms with van der Waals surface area (Å²) in [5.74, 6) is 0.399. The Labute approximate surface area is 123 Å². The Morgan fingerprint density at radius 1 is 1.00 bits per heavy atom. The molecule has 4 rings (SSSR count). The highest BCUT2D eigenvalue weighted by Gasteiger charge is 2.49. The maximum absolute atomic E-state index is 8.38. The summed E-state index contributed by atoms with van der Waals surface area (Å²) in [5.41, 5.74) is 4.01. The summed E-state index contributed by atoms with van der Waals surface area (Å²) in [6.45, 7) is 0. The maximum Gasteiger partial charge on any atom is 0.0879 e. The van der Waals surface area contributed by atoms with Crippen molar-refractivity contribution in [3.05, 3.63) is 65.7 Å². The Bertz CT molecular complexity index is 668. The van der Waals surface area contributed by atoms with Crippen LogP contribution in [0.4, 0.5) is 5.69 Å². The molecule has 0 spiro atoms. The van der Waals surface area contributed by atoms with Crippen LogP contribution >= 0.6 is 11.8 Å². The summed E-state index contributed by atoms with van der Waals surface area (Å²) in [6, 6.07) is 19.4. The minimum atomic E-state index is 0.211. The number of para-hydroxylation sites is 1. The molecule has 0 amide bonds. The van der Waals surface area contributed by atoms with Crippen molar-refractivity contribution in [2.24, 2.45) is 0 Å². The molecule has 0 aliphatic carbocycles. The predicted molar refractivity (Wildman–Crippen MR) is 85.9 cm³/mol. The zero-order chi connectivity index (χ0) is 13.7. The molecule has 3 atom stereocenters. The largest absolute Gasteiger partial charge is 0.365 e. The first-order valence-corrected chi connectivity index (χ1v) is 7.77. The lowest BCUT2D eigenvalue weighted by atomic mass is 9.89. The first-order chi connectivity index (χ1) is 9.77. The molecule has 2 nitrogen and oxygen atoms in total. The smallest absolute Gasteiger partial charge is 0.0879 e. The molecule has 2 aromatic rings. The third-order valence-corrected chi connectivity index (χ3v) is 5.72. The third-order valence-electron chi connectivity index (χ3n) is 4.41. The Kier molecular flexibility index (Phi) is 2.64. The fraction of sp³-hybridized carbons (Fsp3) is 0.235. The monoisotopic (exact) mass is 280 g/mol. The van der Waals surface area contributed by atoms with E-state index in [4.69, 9.17) is 5.41 Å². The molecular weight excluding hydrogens is 264 g/mol. The molecule has 100 valence electrons. The Hall–Kier alpha value is -1.74. The predicted octanol–water partition coefficient (Wildman–Crippen LogP) is 4.05. The molecule has 2 aliphatic rings. The van der Waals surface area contributed by atoms with E-state index in [2.05, 4.69) is 66.5 Å². The van der Waals surface area contributed by atoms with Crippen molar-refractivity contribution in [2.75, 3.05) is 11.9 Å². The second-order valence-corrected chi connectivity index (χ2v) is 6.64. The van der Waals surface area contributed by atoms with Gasteiger partial charge in [-0.15, -0.1) is 11.8 Å². The highest BCUT2D eigenvalue weighted by Crippen LogP contribution is 2.58.